The molecule has 10 nitrogen and oxygen atoms in total. The zero-order chi connectivity index (χ0) is 29.9. The van der Waals surface area contributed by atoms with E-state index in [9.17, 15) is 19.2 Å². The Bertz CT molecular complexity index is 1160. The average Bonchev–Trinajstić information content (AvgIpc) is 3.23. The van der Waals surface area contributed by atoms with Crippen LogP contribution in [-0.2, 0) is 20.9 Å². The van der Waals surface area contributed by atoms with E-state index in [1.165, 1.54) is 19.3 Å². The molecule has 10 heteroatoms. The molecule has 1 unspecified atom stereocenters. The molecule has 1 atom stereocenters. The summed E-state index contributed by atoms with van der Waals surface area (Å²) in [5, 5.41) is 5.64. The highest BCUT2D eigenvalue weighted by atomic mass is 16.6. The van der Waals surface area contributed by atoms with Gasteiger partial charge in [-0.15, -0.1) is 0 Å². The molecular formula is C32H46N4O6. The molecule has 4 amide bonds. The van der Waals surface area contributed by atoms with Gasteiger partial charge in [0.2, 0.25) is 11.8 Å². The maximum Gasteiger partial charge on any atom is 0.410 e. The number of hydrogen-bond acceptors (Lipinski definition) is 7. The highest BCUT2D eigenvalue weighted by Gasteiger charge is 2.39. The summed E-state index contributed by atoms with van der Waals surface area (Å²) < 4.78 is 11.5. The number of carbonyl (C=O) groups is 4. The molecule has 4 heterocycles. The normalized spacial score (nSPS) is 23.9. The summed E-state index contributed by atoms with van der Waals surface area (Å²) >= 11 is 0. The molecule has 1 aromatic carbocycles. The van der Waals surface area contributed by atoms with E-state index in [2.05, 4.69) is 10.6 Å². The van der Waals surface area contributed by atoms with Gasteiger partial charge in [-0.3, -0.25) is 19.7 Å². The number of likely N-dealkylation sites (tertiary alicyclic amines) is 1. The van der Waals surface area contributed by atoms with Crippen LogP contribution in [0.3, 0.4) is 0 Å². The van der Waals surface area contributed by atoms with Gasteiger partial charge in [-0.1, -0.05) is 6.42 Å². The Morgan fingerprint density at radius 1 is 0.929 bits per heavy atom. The number of nitrogens with zero attached hydrogens (tertiary/aromatic N) is 2. The fourth-order valence-electron chi connectivity index (χ4n) is 6.52. The minimum absolute atomic E-state index is 0.145. The third kappa shape index (κ3) is 7.43. The van der Waals surface area contributed by atoms with Crippen molar-refractivity contribution >= 4 is 23.8 Å². The smallest absolute Gasteiger partial charge is 0.410 e. The fraction of sp³-hybridized carbons (Fsp3) is 0.688. The van der Waals surface area contributed by atoms with Crippen LogP contribution in [0.5, 0.6) is 5.75 Å². The lowest BCUT2D eigenvalue weighted by atomic mass is 9.81. The zero-order valence-corrected chi connectivity index (χ0v) is 25.3. The van der Waals surface area contributed by atoms with Crippen LogP contribution < -0.4 is 15.4 Å². The number of carbonyl (C=O) groups excluding carboxylic acids is 4. The number of rotatable bonds is 4. The Morgan fingerprint density at radius 2 is 1.64 bits per heavy atom. The molecule has 3 saturated heterocycles. The second-order valence-corrected chi connectivity index (χ2v) is 13.3. The van der Waals surface area contributed by atoms with Crippen LogP contribution in [0.2, 0.25) is 0 Å². The highest BCUT2D eigenvalue weighted by Crippen LogP contribution is 2.32. The number of nitrogens with one attached hydrogen (secondary N) is 2. The van der Waals surface area contributed by atoms with Crippen molar-refractivity contribution in [3.8, 4) is 5.75 Å². The summed E-state index contributed by atoms with van der Waals surface area (Å²) in [6.07, 6.45) is 8.88. The predicted octanol–water partition coefficient (Wildman–Crippen LogP) is 4.01. The first-order valence-corrected chi connectivity index (χ1v) is 15.7. The van der Waals surface area contributed by atoms with Crippen molar-refractivity contribution in [2.24, 2.45) is 11.8 Å². The molecule has 4 aliphatic heterocycles. The van der Waals surface area contributed by atoms with Crippen molar-refractivity contribution < 1.29 is 28.7 Å². The van der Waals surface area contributed by atoms with Gasteiger partial charge in [-0.25, -0.2) is 4.79 Å². The molecule has 0 aromatic heterocycles. The number of benzene rings is 1. The zero-order valence-electron chi connectivity index (χ0n) is 25.3. The molecule has 0 spiro atoms. The lowest BCUT2D eigenvalue weighted by Crippen LogP contribution is -2.52. The van der Waals surface area contributed by atoms with Crippen molar-refractivity contribution in [2.45, 2.75) is 103 Å². The molecule has 1 aromatic rings. The van der Waals surface area contributed by atoms with Crippen LogP contribution in [0.15, 0.2) is 18.2 Å². The van der Waals surface area contributed by atoms with E-state index < -0.39 is 6.04 Å². The van der Waals surface area contributed by atoms with Crippen LogP contribution in [0.1, 0.15) is 94.5 Å². The van der Waals surface area contributed by atoms with E-state index in [0.717, 1.165) is 75.0 Å². The minimum Gasteiger partial charge on any atom is -0.490 e. The largest absolute Gasteiger partial charge is 0.490 e. The number of fused-ring (bicyclic) bond motifs is 1. The van der Waals surface area contributed by atoms with E-state index in [-0.39, 0.29) is 41.9 Å². The first kappa shape index (κ1) is 30.3. The van der Waals surface area contributed by atoms with Gasteiger partial charge in [0.1, 0.15) is 17.4 Å². The summed E-state index contributed by atoms with van der Waals surface area (Å²) in [7, 11) is 0. The Kier molecular flexibility index (Phi) is 9.40. The minimum atomic E-state index is -0.569. The van der Waals surface area contributed by atoms with Crippen LogP contribution in [-0.4, -0.2) is 77.5 Å². The van der Waals surface area contributed by atoms with E-state index in [0.29, 0.717) is 18.5 Å². The summed E-state index contributed by atoms with van der Waals surface area (Å²) in [6.45, 7) is 10.2. The quantitative estimate of drug-likeness (QED) is 0.515. The Labute approximate surface area is 248 Å². The molecule has 42 heavy (non-hydrogen) atoms. The summed E-state index contributed by atoms with van der Waals surface area (Å²) in [5.74, 6) is 1.65. The monoisotopic (exact) mass is 582 g/mol. The molecule has 5 aliphatic rings. The molecule has 4 fully saturated rings. The third-order valence-electron chi connectivity index (χ3n) is 9.02. The van der Waals surface area contributed by atoms with Crippen molar-refractivity contribution in [1.82, 2.24) is 20.4 Å². The number of piperidine rings is 2. The van der Waals surface area contributed by atoms with E-state index in [1.54, 1.807) is 11.0 Å². The number of imide groups is 1. The van der Waals surface area contributed by atoms with Crippen LogP contribution >= 0.6 is 0 Å². The van der Waals surface area contributed by atoms with Crippen molar-refractivity contribution in [1.29, 1.82) is 0 Å². The second-order valence-electron chi connectivity index (χ2n) is 13.3. The number of ether oxygens (including phenoxy) is 2. The lowest BCUT2D eigenvalue weighted by molar-refractivity contribution is -0.136. The van der Waals surface area contributed by atoms with E-state index >= 15 is 0 Å². The van der Waals surface area contributed by atoms with E-state index in [4.69, 9.17) is 9.47 Å². The maximum absolute atomic E-state index is 12.6. The van der Waals surface area contributed by atoms with Crippen molar-refractivity contribution in [2.75, 3.05) is 26.2 Å². The van der Waals surface area contributed by atoms with E-state index in [1.807, 2.05) is 37.8 Å². The average molecular weight is 583 g/mol. The molecule has 230 valence electrons. The summed E-state index contributed by atoms with van der Waals surface area (Å²) in [6, 6.07) is 5.00. The number of hydrogen-bond donors (Lipinski definition) is 2. The van der Waals surface area contributed by atoms with Crippen molar-refractivity contribution in [3.05, 3.63) is 29.3 Å². The summed E-state index contributed by atoms with van der Waals surface area (Å²) in [4.78, 5) is 51.3. The maximum atomic E-state index is 12.6. The highest BCUT2D eigenvalue weighted by molar-refractivity contribution is 6.05. The van der Waals surface area contributed by atoms with Crippen molar-refractivity contribution in [3.63, 3.8) is 0 Å². The lowest BCUT2D eigenvalue weighted by Gasteiger charge is -2.40. The fourth-order valence-corrected chi connectivity index (χ4v) is 6.52. The molecule has 1 aliphatic carbocycles. The SMILES string of the molecule is CC(C)(C)OC(=O)N1CCC(C2CNC2)CC1.O=C1CCC(N2Cc3cc(OC4CCCCC4)ccc3C2=O)C(=O)N1. The number of amides is 4. The first-order valence-electron chi connectivity index (χ1n) is 15.7. The Morgan fingerprint density at radius 3 is 2.26 bits per heavy atom. The molecule has 1 saturated carbocycles. The van der Waals surface area contributed by atoms with Crippen LogP contribution in [0.25, 0.3) is 0 Å². The molecule has 6 rings (SSSR count). The van der Waals surface area contributed by atoms with Gasteiger partial charge in [-0.2, -0.15) is 0 Å². The topological polar surface area (TPSA) is 117 Å². The van der Waals surface area contributed by atoms with Gasteiger partial charge in [0.25, 0.3) is 5.91 Å². The molecular weight excluding hydrogens is 536 g/mol. The van der Waals surface area contributed by atoms with Crippen LogP contribution in [0, 0.1) is 11.8 Å². The third-order valence-corrected chi connectivity index (χ3v) is 9.02. The Balaban J connectivity index is 0.000000181. The van der Waals surface area contributed by atoms with Gasteiger partial charge < -0.3 is 24.6 Å². The summed E-state index contributed by atoms with van der Waals surface area (Å²) in [5.41, 5.74) is 1.13. The van der Waals surface area contributed by atoms with Gasteiger partial charge in [-0.05, 0) is 114 Å². The second kappa shape index (κ2) is 13.0. The molecule has 0 radical (unpaired) electrons. The Hall–Kier alpha value is -3.14. The van der Waals surface area contributed by atoms with Gasteiger partial charge >= 0.3 is 6.09 Å². The van der Waals surface area contributed by atoms with Gasteiger partial charge in [0.05, 0.1) is 6.10 Å². The molecule has 0 bridgehead atoms. The first-order chi connectivity index (χ1) is 20.1. The van der Waals surface area contributed by atoms with Gasteiger partial charge in [0.15, 0.2) is 0 Å². The predicted molar refractivity (Wildman–Crippen MR) is 157 cm³/mol. The van der Waals surface area contributed by atoms with Crippen LogP contribution in [0.4, 0.5) is 4.79 Å². The van der Waals surface area contributed by atoms with Gasteiger partial charge in [0, 0.05) is 31.6 Å². The standard InChI is InChI=1S/C19H22N2O4.C13H24N2O2/c22-17-9-8-16(18(23)20-17)21-11-12-10-14(6-7-15(12)19(21)24)25-13-4-2-1-3-5-13;1-13(2,3)17-12(16)15-6-4-10(5-7-15)11-8-14-9-11/h6-7,10,13,16H,1-5,8-9,11H2,(H,20,22,23);10-11,14H,4-9H2,1-3H3. The molecule has 2 N–H and O–H groups in total.